The van der Waals surface area contributed by atoms with Gasteiger partial charge in [-0.2, -0.15) is 0 Å². The number of aromatic hydroxyl groups is 2. The molecular formula is C20H24O4. The average Bonchev–Trinajstić information content (AvgIpc) is 2.85. The van der Waals surface area contributed by atoms with Gasteiger partial charge >= 0.3 is 0 Å². The van der Waals surface area contributed by atoms with Crippen LogP contribution in [0.25, 0.3) is 0 Å². The Bertz CT molecular complexity index is 754. The van der Waals surface area contributed by atoms with E-state index in [1.807, 2.05) is 24.3 Å². The monoisotopic (exact) mass is 328 g/mol. The molecule has 0 spiro atoms. The van der Waals surface area contributed by atoms with Gasteiger partial charge in [0.15, 0.2) is 23.0 Å². The summed E-state index contributed by atoms with van der Waals surface area (Å²) < 4.78 is 10.6. The number of ether oxygens (including phenoxy) is 2. The molecule has 1 aliphatic rings. The van der Waals surface area contributed by atoms with E-state index in [1.165, 1.54) is 5.56 Å². The first-order valence-electron chi connectivity index (χ1n) is 8.29. The van der Waals surface area contributed by atoms with Crippen molar-refractivity contribution in [3.63, 3.8) is 0 Å². The Labute approximate surface area is 142 Å². The normalized spacial score (nSPS) is 22.2. The molecule has 0 aromatic heterocycles. The van der Waals surface area contributed by atoms with Crippen LogP contribution >= 0.6 is 0 Å². The third-order valence-corrected chi connectivity index (χ3v) is 5.28. The van der Waals surface area contributed by atoms with E-state index < -0.39 is 0 Å². The van der Waals surface area contributed by atoms with Gasteiger partial charge in [0.05, 0.1) is 14.2 Å². The third kappa shape index (κ3) is 2.46. The van der Waals surface area contributed by atoms with Gasteiger partial charge in [0.2, 0.25) is 0 Å². The predicted molar refractivity (Wildman–Crippen MR) is 93.4 cm³/mol. The lowest BCUT2D eigenvalue weighted by Crippen LogP contribution is -2.09. The molecule has 128 valence electrons. The van der Waals surface area contributed by atoms with Crippen LogP contribution < -0.4 is 9.47 Å². The van der Waals surface area contributed by atoms with Crippen molar-refractivity contribution in [3.8, 4) is 23.0 Å². The molecule has 0 aliphatic heterocycles. The third-order valence-electron chi connectivity index (χ3n) is 5.28. The highest BCUT2D eigenvalue weighted by Gasteiger charge is 2.39. The van der Waals surface area contributed by atoms with Gasteiger partial charge in [0.1, 0.15) is 0 Å². The quantitative estimate of drug-likeness (QED) is 0.874. The van der Waals surface area contributed by atoms with Gasteiger partial charge in [-0.3, -0.25) is 0 Å². The van der Waals surface area contributed by atoms with Crippen molar-refractivity contribution >= 4 is 0 Å². The first-order valence-corrected chi connectivity index (χ1v) is 8.29. The molecule has 2 N–H and O–H groups in total. The summed E-state index contributed by atoms with van der Waals surface area (Å²) in [6.45, 7) is 4.42. The number of fused-ring (bicyclic) bond motifs is 1. The standard InChI is InChI=1S/C20H24O4/c1-5-13-11(2)20(12-6-7-16(21)18(8-12)23-3)15-9-17(22)19(24-4)10-14(13)15/h6-11,13,20-22H,5H2,1-4H3/t11-,13+,20+/m0/s1. The highest BCUT2D eigenvalue weighted by Crippen LogP contribution is 2.53. The summed E-state index contributed by atoms with van der Waals surface area (Å²) in [4.78, 5) is 0. The molecule has 0 fully saturated rings. The molecule has 0 saturated carbocycles. The minimum absolute atomic E-state index is 0.136. The molecule has 0 bridgehead atoms. The van der Waals surface area contributed by atoms with Crippen molar-refractivity contribution in [3.05, 3.63) is 47.0 Å². The van der Waals surface area contributed by atoms with Crippen LogP contribution in [0.15, 0.2) is 30.3 Å². The number of hydrogen-bond acceptors (Lipinski definition) is 4. The maximum Gasteiger partial charge on any atom is 0.160 e. The van der Waals surface area contributed by atoms with E-state index in [0.29, 0.717) is 23.3 Å². The molecule has 3 rings (SSSR count). The van der Waals surface area contributed by atoms with Gasteiger partial charge in [-0.15, -0.1) is 0 Å². The molecule has 0 heterocycles. The SMILES string of the molecule is CC[C@H]1c2cc(OC)c(O)cc2[C@@H](c2ccc(O)c(OC)c2)[C@H]1C. The van der Waals surface area contributed by atoms with Crippen LogP contribution in [-0.4, -0.2) is 24.4 Å². The molecule has 24 heavy (non-hydrogen) atoms. The second-order valence-corrected chi connectivity index (χ2v) is 6.44. The number of rotatable bonds is 4. The van der Waals surface area contributed by atoms with Gasteiger partial charge in [0, 0.05) is 5.92 Å². The zero-order valence-electron chi connectivity index (χ0n) is 14.5. The summed E-state index contributed by atoms with van der Waals surface area (Å²) in [6, 6.07) is 9.28. The Balaban J connectivity index is 2.15. The van der Waals surface area contributed by atoms with E-state index >= 15 is 0 Å². The molecule has 2 aromatic rings. The Kier molecular flexibility index (Phi) is 4.31. The van der Waals surface area contributed by atoms with Crippen molar-refractivity contribution in [1.29, 1.82) is 0 Å². The van der Waals surface area contributed by atoms with Crippen LogP contribution in [0.3, 0.4) is 0 Å². The Morgan fingerprint density at radius 3 is 2.21 bits per heavy atom. The molecule has 1 aliphatic carbocycles. The molecule has 0 radical (unpaired) electrons. The van der Waals surface area contributed by atoms with E-state index in [2.05, 4.69) is 13.8 Å². The van der Waals surface area contributed by atoms with Crippen molar-refractivity contribution in [2.75, 3.05) is 14.2 Å². The van der Waals surface area contributed by atoms with Gasteiger partial charge < -0.3 is 19.7 Å². The molecular weight excluding hydrogens is 304 g/mol. The van der Waals surface area contributed by atoms with Crippen LogP contribution in [0, 0.1) is 5.92 Å². The Hall–Kier alpha value is -2.36. The van der Waals surface area contributed by atoms with E-state index in [-0.39, 0.29) is 17.4 Å². The summed E-state index contributed by atoms with van der Waals surface area (Å²) in [5.41, 5.74) is 3.44. The van der Waals surface area contributed by atoms with Crippen molar-refractivity contribution in [1.82, 2.24) is 0 Å². The van der Waals surface area contributed by atoms with Gasteiger partial charge in [0.25, 0.3) is 0 Å². The smallest absolute Gasteiger partial charge is 0.160 e. The molecule has 4 heteroatoms. The van der Waals surface area contributed by atoms with Gasteiger partial charge in [-0.05, 0) is 59.2 Å². The Morgan fingerprint density at radius 1 is 0.917 bits per heavy atom. The first-order chi connectivity index (χ1) is 11.5. The van der Waals surface area contributed by atoms with E-state index in [4.69, 9.17) is 9.47 Å². The van der Waals surface area contributed by atoms with Crippen molar-refractivity contribution in [2.45, 2.75) is 32.1 Å². The lowest BCUT2D eigenvalue weighted by Gasteiger charge is -2.21. The summed E-state index contributed by atoms with van der Waals surface area (Å²) >= 11 is 0. The van der Waals surface area contributed by atoms with E-state index in [0.717, 1.165) is 17.5 Å². The largest absolute Gasteiger partial charge is 0.504 e. The minimum atomic E-state index is 0.136. The van der Waals surface area contributed by atoms with Crippen LogP contribution in [0.5, 0.6) is 23.0 Å². The van der Waals surface area contributed by atoms with Gasteiger partial charge in [-0.25, -0.2) is 0 Å². The summed E-state index contributed by atoms with van der Waals surface area (Å²) in [7, 11) is 3.12. The molecule has 0 saturated heterocycles. The zero-order chi connectivity index (χ0) is 17.4. The topological polar surface area (TPSA) is 58.9 Å². The maximum atomic E-state index is 10.2. The number of phenolic OH excluding ortho intramolecular Hbond substituents is 2. The van der Waals surface area contributed by atoms with E-state index in [1.54, 1.807) is 20.3 Å². The van der Waals surface area contributed by atoms with Crippen molar-refractivity contribution in [2.24, 2.45) is 5.92 Å². The second kappa shape index (κ2) is 6.27. The predicted octanol–water partition coefficient (Wildman–Crippen LogP) is 4.39. The summed E-state index contributed by atoms with van der Waals surface area (Å²) in [6.07, 6.45) is 1.02. The fourth-order valence-electron chi connectivity index (χ4n) is 4.12. The highest BCUT2D eigenvalue weighted by atomic mass is 16.5. The molecule has 0 unspecified atom stereocenters. The molecule has 0 amide bonds. The zero-order valence-corrected chi connectivity index (χ0v) is 14.5. The van der Waals surface area contributed by atoms with Gasteiger partial charge in [-0.1, -0.05) is 19.9 Å². The Morgan fingerprint density at radius 2 is 1.58 bits per heavy atom. The number of benzene rings is 2. The summed E-state index contributed by atoms with van der Waals surface area (Å²) in [5.74, 6) is 2.22. The molecule has 2 aromatic carbocycles. The molecule has 4 nitrogen and oxygen atoms in total. The lowest BCUT2D eigenvalue weighted by atomic mass is 9.83. The fourth-order valence-corrected chi connectivity index (χ4v) is 4.12. The van der Waals surface area contributed by atoms with Crippen LogP contribution in [-0.2, 0) is 0 Å². The van der Waals surface area contributed by atoms with Crippen LogP contribution in [0.2, 0.25) is 0 Å². The van der Waals surface area contributed by atoms with E-state index in [9.17, 15) is 10.2 Å². The average molecular weight is 328 g/mol. The highest BCUT2D eigenvalue weighted by molar-refractivity contribution is 5.56. The fraction of sp³-hybridized carbons (Fsp3) is 0.400. The summed E-state index contributed by atoms with van der Waals surface area (Å²) in [5, 5.41) is 20.1. The van der Waals surface area contributed by atoms with Crippen molar-refractivity contribution < 1.29 is 19.7 Å². The lowest BCUT2D eigenvalue weighted by molar-refractivity contribution is 0.371. The maximum absolute atomic E-state index is 10.2. The first kappa shape index (κ1) is 16.5. The number of phenols is 2. The minimum Gasteiger partial charge on any atom is -0.504 e. The second-order valence-electron chi connectivity index (χ2n) is 6.44. The van der Waals surface area contributed by atoms with Crippen LogP contribution in [0.4, 0.5) is 0 Å². The number of methoxy groups -OCH3 is 2. The van der Waals surface area contributed by atoms with Crippen LogP contribution in [0.1, 0.15) is 48.8 Å². The number of hydrogen-bond donors (Lipinski definition) is 2. The molecule has 3 atom stereocenters.